The second-order valence-corrected chi connectivity index (χ2v) is 11.6. The second-order valence-electron chi connectivity index (χ2n) is 11.6. The van der Waals surface area contributed by atoms with Gasteiger partial charge in [-0.25, -0.2) is 4.98 Å². The van der Waals surface area contributed by atoms with Crippen LogP contribution in [0.2, 0.25) is 0 Å². The minimum atomic E-state index is -1.99. The summed E-state index contributed by atoms with van der Waals surface area (Å²) in [6, 6.07) is 0. The number of hydroxylamine groups is 2. The van der Waals surface area contributed by atoms with Gasteiger partial charge in [0.25, 0.3) is 17.5 Å². The van der Waals surface area contributed by atoms with Crippen LogP contribution in [-0.4, -0.2) is 102 Å². The van der Waals surface area contributed by atoms with Crippen LogP contribution in [0.15, 0.2) is 102 Å². The minimum Gasteiger partial charge on any atom is -0.448 e. The van der Waals surface area contributed by atoms with Gasteiger partial charge < -0.3 is 34.0 Å². The monoisotopic (exact) mass is 668 g/mol. The van der Waals surface area contributed by atoms with Crippen molar-refractivity contribution in [3.05, 3.63) is 103 Å². The number of nitrogens with one attached hydrogen (secondary N) is 1. The fourth-order valence-electron chi connectivity index (χ4n) is 4.37. The van der Waals surface area contributed by atoms with E-state index in [1.807, 2.05) is 18.2 Å². The molecule has 48 heavy (non-hydrogen) atoms. The number of hydrogen-bond acceptors (Lipinski definition) is 10. The zero-order valence-electron chi connectivity index (χ0n) is 28.4. The molecule has 0 radical (unpaired) electrons. The van der Waals surface area contributed by atoms with E-state index in [0.717, 1.165) is 11.8 Å². The van der Waals surface area contributed by atoms with Crippen molar-refractivity contribution in [2.24, 2.45) is 5.41 Å². The van der Waals surface area contributed by atoms with Gasteiger partial charge in [0.2, 0.25) is 5.91 Å². The Morgan fingerprint density at radius 1 is 1.10 bits per heavy atom. The van der Waals surface area contributed by atoms with E-state index >= 15 is 0 Å². The lowest BCUT2D eigenvalue weighted by molar-refractivity contribution is -0.245. The molecule has 13 nitrogen and oxygen atoms in total. The van der Waals surface area contributed by atoms with Crippen molar-refractivity contribution in [3.8, 4) is 0 Å². The summed E-state index contributed by atoms with van der Waals surface area (Å²) < 4.78 is 20.9. The Hall–Kier alpha value is -4.40. The van der Waals surface area contributed by atoms with Gasteiger partial charge in [0, 0.05) is 39.7 Å². The number of allylic oxidation sites excluding steroid dienone is 11. The molecule has 0 bridgehead atoms. The lowest BCUT2D eigenvalue weighted by Gasteiger charge is -2.35. The number of nitrogens with zero attached hydrogens (tertiary/aromatic N) is 3. The van der Waals surface area contributed by atoms with Crippen LogP contribution in [0.3, 0.4) is 0 Å². The molecule has 3 atom stereocenters. The summed E-state index contributed by atoms with van der Waals surface area (Å²) in [5.74, 6) is -1.04. The molecule has 1 aromatic heterocycles. The number of methoxy groups -OCH3 is 1. The molecule has 1 aliphatic rings. The highest BCUT2D eigenvalue weighted by molar-refractivity contribution is 5.94. The standard InChI is InChI=1S/C35H48N4O9/c1-27(18-14-11-12-15-19-29-22-36-25-47-29)31(41)34(3,4)32(42)37-21-17-13-9-7-8-10-16-20-30(40)39(44)35(24-46-26-48-35)33(43)38(5)23-28(2)45-6/h7-18,20,22,25,28,31,41,44H,19,21,23-24,26H2,1-6H3,(H,37,42)/b9-7+,10-8+,14-11-,15-12+,17-13-,20-16+,27-18-. The molecule has 262 valence electrons. The highest BCUT2D eigenvalue weighted by Crippen LogP contribution is 2.27. The molecule has 3 unspecified atom stereocenters. The van der Waals surface area contributed by atoms with E-state index < -0.39 is 29.1 Å². The second kappa shape index (κ2) is 20.1. The SMILES string of the molecule is COC(C)CN(C)C(=O)C1(N(O)C(=O)/C=C/C=C/C=C/C=C\CNC(=O)C(C)(C)C(O)\C(C)=C/C=C\C=C\Cc2cnco2)COCO1. The summed E-state index contributed by atoms with van der Waals surface area (Å²) in [7, 11) is 3.03. The van der Waals surface area contributed by atoms with Crippen LogP contribution in [-0.2, 0) is 35.0 Å². The maximum Gasteiger partial charge on any atom is 0.280 e. The number of rotatable bonds is 18. The van der Waals surface area contributed by atoms with E-state index in [9.17, 15) is 24.7 Å². The Kier molecular flexibility index (Phi) is 16.6. The Morgan fingerprint density at radius 3 is 2.42 bits per heavy atom. The fourth-order valence-corrected chi connectivity index (χ4v) is 4.37. The zero-order chi connectivity index (χ0) is 35.6. The number of carbonyl (C=O) groups excluding carboxylic acids is 3. The first-order chi connectivity index (χ1) is 22.9. The molecule has 0 spiro atoms. The van der Waals surface area contributed by atoms with Crippen molar-refractivity contribution in [1.82, 2.24) is 20.3 Å². The third kappa shape index (κ3) is 12.0. The van der Waals surface area contributed by atoms with Gasteiger partial charge in [0.05, 0.1) is 23.8 Å². The smallest absolute Gasteiger partial charge is 0.280 e. The molecule has 13 heteroatoms. The van der Waals surface area contributed by atoms with Crippen LogP contribution >= 0.6 is 0 Å². The number of aliphatic hydroxyl groups is 1. The number of carbonyl (C=O) groups is 3. The van der Waals surface area contributed by atoms with E-state index in [0.29, 0.717) is 12.0 Å². The summed E-state index contributed by atoms with van der Waals surface area (Å²) in [6.45, 7) is 6.82. The van der Waals surface area contributed by atoms with Crippen LogP contribution in [0.1, 0.15) is 33.5 Å². The first-order valence-electron chi connectivity index (χ1n) is 15.4. The number of likely N-dealkylation sites (N-methyl/N-ethyl adjacent to an activating group) is 1. The van der Waals surface area contributed by atoms with Crippen LogP contribution in [0.4, 0.5) is 0 Å². The van der Waals surface area contributed by atoms with Gasteiger partial charge >= 0.3 is 0 Å². The quantitative estimate of drug-likeness (QED) is 0.0914. The van der Waals surface area contributed by atoms with Crippen LogP contribution < -0.4 is 5.32 Å². The van der Waals surface area contributed by atoms with E-state index in [2.05, 4.69) is 10.3 Å². The third-order valence-corrected chi connectivity index (χ3v) is 7.37. The summed E-state index contributed by atoms with van der Waals surface area (Å²) >= 11 is 0. The summed E-state index contributed by atoms with van der Waals surface area (Å²) in [5, 5.41) is 24.4. The van der Waals surface area contributed by atoms with E-state index in [-0.39, 0.29) is 43.6 Å². The number of hydrogen-bond donors (Lipinski definition) is 3. The van der Waals surface area contributed by atoms with Crippen molar-refractivity contribution < 1.29 is 43.3 Å². The molecule has 3 amide bonds. The van der Waals surface area contributed by atoms with Crippen molar-refractivity contribution in [2.45, 2.75) is 52.0 Å². The average Bonchev–Trinajstić information content (AvgIpc) is 3.79. The number of oxazole rings is 1. The van der Waals surface area contributed by atoms with Crippen molar-refractivity contribution in [2.75, 3.05) is 40.6 Å². The highest BCUT2D eigenvalue weighted by Gasteiger charge is 2.53. The van der Waals surface area contributed by atoms with Gasteiger partial charge in [0.1, 0.15) is 12.4 Å². The molecule has 1 aromatic rings. The lowest BCUT2D eigenvalue weighted by atomic mass is 9.81. The number of aromatic nitrogens is 1. The molecule has 0 aliphatic carbocycles. The molecular formula is C35H48N4O9. The maximum atomic E-state index is 13.0. The summed E-state index contributed by atoms with van der Waals surface area (Å²) in [4.78, 5) is 43.6. The Morgan fingerprint density at radius 2 is 1.77 bits per heavy atom. The topological polar surface area (TPSA) is 164 Å². The largest absolute Gasteiger partial charge is 0.448 e. The summed E-state index contributed by atoms with van der Waals surface area (Å²) in [5.41, 5.74) is -2.40. The predicted molar refractivity (Wildman–Crippen MR) is 179 cm³/mol. The van der Waals surface area contributed by atoms with Gasteiger partial charge in [0.15, 0.2) is 13.2 Å². The minimum absolute atomic E-state index is 0.219. The molecule has 0 saturated carbocycles. The van der Waals surface area contributed by atoms with E-state index in [1.54, 1.807) is 82.5 Å². The Balaban J connectivity index is 1.79. The van der Waals surface area contributed by atoms with Crippen LogP contribution in [0.5, 0.6) is 0 Å². The van der Waals surface area contributed by atoms with Gasteiger partial charge in [-0.15, -0.1) is 0 Å². The first kappa shape index (κ1) is 39.8. The molecule has 2 rings (SSSR count). The van der Waals surface area contributed by atoms with E-state index in [1.165, 1.54) is 31.5 Å². The number of amides is 3. The first-order valence-corrected chi connectivity index (χ1v) is 15.4. The lowest BCUT2D eigenvalue weighted by Crippen LogP contribution is -2.61. The molecule has 2 heterocycles. The third-order valence-electron chi connectivity index (χ3n) is 7.37. The molecule has 1 fully saturated rings. The van der Waals surface area contributed by atoms with Gasteiger partial charge in [-0.1, -0.05) is 72.9 Å². The maximum absolute atomic E-state index is 13.0. The van der Waals surface area contributed by atoms with Crippen LogP contribution in [0.25, 0.3) is 0 Å². The zero-order valence-corrected chi connectivity index (χ0v) is 28.4. The van der Waals surface area contributed by atoms with Gasteiger partial charge in [-0.2, -0.15) is 5.06 Å². The number of ether oxygens (including phenoxy) is 3. The van der Waals surface area contributed by atoms with Gasteiger partial charge in [-0.3, -0.25) is 19.6 Å². The average molecular weight is 669 g/mol. The highest BCUT2D eigenvalue weighted by atomic mass is 16.8. The molecule has 0 aromatic carbocycles. The Labute approximate surface area is 282 Å². The Bertz CT molecular complexity index is 1380. The summed E-state index contributed by atoms with van der Waals surface area (Å²) in [6.07, 6.45) is 24.2. The van der Waals surface area contributed by atoms with Crippen LogP contribution in [0, 0.1) is 5.41 Å². The molecular weight excluding hydrogens is 620 g/mol. The van der Waals surface area contributed by atoms with Crippen molar-refractivity contribution in [1.29, 1.82) is 0 Å². The van der Waals surface area contributed by atoms with Crippen molar-refractivity contribution >= 4 is 17.7 Å². The van der Waals surface area contributed by atoms with Gasteiger partial charge in [-0.05, 0) is 33.3 Å². The van der Waals surface area contributed by atoms with Crippen molar-refractivity contribution in [3.63, 3.8) is 0 Å². The molecule has 1 saturated heterocycles. The molecule has 1 aliphatic heterocycles. The normalized spacial score (nSPS) is 19.0. The molecule has 3 N–H and O–H groups in total. The predicted octanol–water partition coefficient (Wildman–Crippen LogP) is 3.42. The fraction of sp³-hybridized carbons (Fsp3) is 0.429. The number of aliphatic hydroxyl groups excluding tert-OH is 1. The van der Waals surface area contributed by atoms with E-state index in [4.69, 9.17) is 18.6 Å².